The smallest absolute Gasteiger partial charge is 0.328 e. The van der Waals surface area contributed by atoms with E-state index in [0.29, 0.717) is 0 Å². The van der Waals surface area contributed by atoms with Crippen molar-refractivity contribution in [1.82, 2.24) is 9.88 Å². The minimum absolute atomic E-state index is 0.181. The summed E-state index contributed by atoms with van der Waals surface area (Å²) in [6.45, 7) is 3.74. The van der Waals surface area contributed by atoms with Gasteiger partial charge in [0.05, 0.1) is 7.11 Å². The molecule has 0 aliphatic rings. The summed E-state index contributed by atoms with van der Waals surface area (Å²) in [5.41, 5.74) is 2.01. The van der Waals surface area contributed by atoms with Gasteiger partial charge in [-0.3, -0.25) is 4.79 Å². The summed E-state index contributed by atoms with van der Waals surface area (Å²) < 4.78 is 6.51. The quantitative estimate of drug-likeness (QED) is 0.862. The van der Waals surface area contributed by atoms with Gasteiger partial charge in [-0.05, 0) is 31.4 Å². The minimum Gasteiger partial charge on any atom is -0.467 e. The van der Waals surface area contributed by atoms with Gasteiger partial charge in [0.25, 0.3) is 0 Å². The topological polar surface area (TPSA) is 60.3 Å². The molecule has 1 amide bonds. The number of benzene rings is 1. The lowest BCUT2D eigenvalue weighted by atomic mass is 10.2. The molecule has 0 fully saturated rings. The number of carbonyl (C=O) groups is 2. The number of esters is 1. The van der Waals surface area contributed by atoms with Crippen LogP contribution in [0.5, 0.6) is 0 Å². The average Bonchev–Trinajstić information content (AvgIpc) is 2.74. The normalized spacial score (nSPS) is 12.2. The molecule has 0 saturated heterocycles. The van der Waals surface area contributed by atoms with Crippen LogP contribution in [0.2, 0.25) is 0 Å². The molecule has 2 aromatic rings. The van der Waals surface area contributed by atoms with E-state index in [4.69, 9.17) is 0 Å². The van der Waals surface area contributed by atoms with Crippen LogP contribution in [0, 0.1) is 6.92 Å². The molecule has 0 saturated carbocycles. The van der Waals surface area contributed by atoms with Gasteiger partial charge in [0.1, 0.15) is 12.6 Å². The molecular formula is C15H18N2O3. The van der Waals surface area contributed by atoms with Crippen LogP contribution < -0.4 is 5.32 Å². The number of amides is 1. The van der Waals surface area contributed by atoms with Gasteiger partial charge < -0.3 is 14.6 Å². The van der Waals surface area contributed by atoms with Crippen molar-refractivity contribution in [3.8, 4) is 0 Å². The van der Waals surface area contributed by atoms with Crippen molar-refractivity contribution in [2.45, 2.75) is 26.4 Å². The number of carbonyl (C=O) groups excluding carboxylic acids is 2. The molecule has 0 bridgehead atoms. The van der Waals surface area contributed by atoms with E-state index in [0.717, 1.165) is 16.6 Å². The van der Waals surface area contributed by atoms with Crippen LogP contribution in [-0.4, -0.2) is 29.6 Å². The molecule has 1 aromatic carbocycles. The van der Waals surface area contributed by atoms with E-state index in [1.807, 2.05) is 41.8 Å². The number of nitrogens with one attached hydrogen (secondary N) is 1. The van der Waals surface area contributed by atoms with E-state index in [1.54, 1.807) is 6.92 Å². The maximum atomic E-state index is 12.0. The number of hydrogen-bond acceptors (Lipinski definition) is 3. The molecular weight excluding hydrogens is 256 g/mol. The summed E-state index contributed by atoms with van der Waals surface area (Å²) in [6, 6.07) is 9.27. The van der Waals surface area contributed by atoms with E-state index in [2.05, 4.69) is 10.1 Å². The van der Waals surface area contributed by atoms with Gasteiger partial charge in [-0.25, -0.2) is 4.79 Å². The predicted octanol–water partition coefficient (Wildman–Crippen LogP) is 1.63. The van der Waals surface area contributed by atoms with Crippen LogP contribution in [0.1, 0.15) is 12.6 Å². The Morgan fingerprint density at radius 1 is 1.35 bits per heavy atom. The third-order valence-corrected chi connectivity index (χ3v) is 3.25. The number of aromatic nitrogens is 1. The lowest BCUT2D eigenvalue weighted by molar-refractivity contribution is -0.144. The summed E-state index contributed by atoms with van der Waals surface area (Å²) in [5.74, 6) is -0.667. The Kier molecular flexibility index (Phi) is 4.08. The van der Waals surface area contributed by atoms with Crippen molar-refractivity contribution in [2.24, 2.45) is 0 Å². The minimum atomic E-state index is -0.644. The fraction of sp³-hybridized carbons (Fsp3) is 0.333. The van der Waals surface area contributed by atoms with Gasteiger partial charge in [0.2, 0.25) is 5.91 Å². The summed E-state index contributed by atoms with van der Waals surface area (Å²) in [5, 5.41) is 3.72. The van der Waals surface area contributed by atoms with Crippen LogP contribution in [0.4, 0.5) is 0 Å². The third-order valence-electron chi connectivity index (χ3n) is 3.25. The Hall–Kier alpha value is -2.30. The summed E-state index contributed by atoms with van der Waals surface area (Å²) in [6.07, 6.45) is 0. The molecule has 106 valence electrons. The van der Waals surface area contributed by atoms with Crippen LogP contribution in [0.3, 0.4) is 0 Å². The van der Waals surface area contributed by atoms with E-state index in [1.165, 1.54) is 7.11 Å². The highest BCUT2D eigenvalue weighted by Gasteiger charge is 2.17. The molecule has 0 spiro atoms. The second kappa shape index (κ2) is 5.77. The highest BCUT2D eigenvalue weighted by atomic mass is 16.5. The van der Waals surface area contributed by atoms with Crippen LogP contribution in [-0.2, 0) is 20.9 Å². The van der Waals surface area contributed by atoms with E-state index in [9.17, 15) is 9.59 Å². The zero-order valence-electron chi connectivity index (χ0n) is 11.8. The summed E-state index contributed by atoms with van der Waals surface area (Å²) in [7, 11) is 1.30. The van der Waals surface area contributed by atoms with Gasteiger partial charge in [-0.15, -0.1) is 0 Å². The second-order valence-corrected chi connectivity index (χ2v) is 4.74. The monoisotopic (exact) mass is 274 g/mol. The zero-order valence-corrected chi connectivity index (χ0v) is 11.8. The number of hydrogen-bond donors (Lipinski definition) is 1. The number of fused-ring (bicyclic) bond motifs is 1. The summed E-state index contributed by atoms with van der Waals surface area (Å²) in [4.78, 5) is 23.3. The van der Waals surface area contributed by atoms with Crippen LogP contribution in [0.15, 0.2) is 30.3 Å². The van der Waals surface area contributed by atoms with E-state index in [-0.39, 0.29) is 12.5 Å². The fourth-order valence-corrected chi connectivity index (χ4v) is 2.22. The van der Waals surface area contributed by atoms with E-state index >= 15 is 0 Å². The van der Waals surface area contributed by atoms with Crippen molar-refractivity contribution in [3.63, 3.8) is 0 Å². The molecule has 5 nitrogen and oxygen atoms in total. The fourth-order valence-electron chi connectivity index (χ4n) is 2.22. The Morgan fingerprint density at radius 2 is 2.05 bits per heavy atom. The third kappa shape index (κ3) is 2.82. The maximum absolute atomic E-state index is 12.0. The molecule has 1 heterocycles. The first kappa shape index (κ1) is 14.1. The number of para-hydroxylation sites is 1. The highest BCUT2D eigenvalue weighted by molar-refractivity contribution is 5.86. The molecule has 1 aromatic heterocycles. The van der Waals surface area contributed by atoms with Crippen molar-refractivity contribution in [2.75, 3.05) is 7.11 Å². The van der Waals surface area contributed by atoms with Gasteiger partial charge in [-0.2, -0.15) is 0 Å². The lowest BCUT2D eigenvalue weighted by Gasteiger charge is -2.13. The Morgan fingerprint density at radius 3 is 2.75 bits per heavy atom. The standard InChI is InChI=1S/C15H18N2O3/c1-10-8-12-6-4-5-7-13(12)17(10)9-14(18)16-11(2)15(19)20-3/h4-8,11H,9H2,1-3H3,(H,16,18). The first-order valence-corrected chi connectivity index (χ1v) is 6.45. The first-order valence-electron chi connectivity index (χ1n) is 6.45. The van der Waals surface area contributed by atoms with Crippen molar-refractivity contribution in [3.05, 3.63) is 36.0 Å². The Labute approximate surface area is 117 Å². The van der Waals surface area contributed by atoms with Gasteiger partial charge in [-0.1, -0.05) is 18.2 Å². The van der Waals surface area contributed by atoms with Gasteiger partial charge in [0.15, 0.2) is 0 Å². The number of nitrogens with zero attached hydrogens (tertiary/aromatic N) is 1. The molecule has 0 aliphatic heterocycles. The molecule has 0 radical (unpaired) electrons. The van der Waals surface area contributed by atoms with Crippen LogP contribution >= 0.6 is 0 Å². The van der Waals surface area contributed by atoms with Gasteiger partial charge >= 0.3 is 5.97 Å². The average molecular weight is 274 g/mol. The van der Waals surface area contributed by atoms with E-state index < -0.39 is 12.0 Å². The molecule has 1 atom stereocenters. The largest absolute Gasteiger partial charge is 0.467 e. The summed E-state index contributed by atoms with van der Waals surface area (Å²) >= 11 is 0. The molecule has 2 rings (SSSR count). The number of aryl methyl sites for hydroxylation is 1. The second-order valence-electron chi connectivity index (χ2n) is 4.74. The molecule has 0 aliphatic carbocycles. The maximum Gasteiger partial charge on any atom is 0.328 e. The number of methoxy groups -OCH3 is 1. The predicted molar refractivity (Wildman–Crippen MR) is 76.3 cm³/mol. The molecule has 1 N–H and O–H groups in total. The molecule has 20 heavy (non-hydrogen) atoms. The number of rotatable bonds is 4. The Balaban J connectivity index is 2.14. The van der Waals surface area contributed by atoms with Crippen molar-refractivity contribution in [1.29, 1.82) is 0 Å². The molecule has 1 unspecified atom stereocenters. The van der Waals surface area contributed by atoms with Crippen molar-refractivity contribution >= 4 is 22.8 Å². The molecule has 5 heteroatoms. The van der Waals surface area contributed by atoms with Crippen molar-refractivity contribution < 1.29 is 14.3 Å². The SMILES string of the molecule is COC(=O)C(C)NC(=O)Cn1c(C)cc2ccccc21. The zero-order chi connectivity index (χ0) is 14.7. The first-order chi connectivity index (χ1) is 9.52. The van der Waals surface area contributed by atoms with Gasteiger partial charge in [0, 0.05) is 11.2 Å². The van der Waals surface area contributed by atoms with Crippen LogP contribution in [0.25, 0.3) is 10.9 Å². The number of ether oxygens (including phenoxy) is 1. The Bertz CT molecular complexity index is 646. The highest BCUT2D eigenvalue weighted by Crippen LogP contribution is 2.18. The lowest BCUT2D eigenvalue weighted by Crippen LogP contribution is -2.40.